The highest BCUT2D eigenvalue weighted by molar-refractivity contribution is 7.92. The van der Waals surface area contributed by atoms with E-state index in [1.165, 1.54) is 49.6 Å². The molecule has 1 fully saturated rings. The predicted octanol–water partition coefficient (Wildman–Crippen LogP) is 4.46. The SMILES string of the molecule is O=C(Nc1ccc(-n2c(=O)[nH]c3cc(NCCN4CCCCC4)ccc3c2=O)c(Cl)c1)NS(=O)(=O)c1ccc(Cl)s1. The molecular formula is C26H26Cl2N6O5S2. The molecule has 2 aromatic carbocycles. The number of halogens is 2. The number of hydrogen-bond donors (Lipinski definition) is 4. The number of benzene rings is 2. The summed E-state index contributed by atoms with van der Waals surface area (Å²) in [7, 11) is -4.12. The Balaban J connectivity index is 1.31. The first-order valence-corrected chi connectivity index (χ1v) is 15.8. The van der Waals surface area contributed by atoms with Crippen molar-refractivity contribution in [3.8, 4) is 5.69 Å². The molecule has 0 spiro atoms. The number of amides is 2. The third kappa shape index (κ3) is 6.76. The van der Waals surface area contributed by atoms with Crippen LogP contribution in [0.1, 0.15) is 19.3 Å². The Kier molecular flexibility index (Phi) is 8.71. The van der Waals surface area contributed by atoms with E-state index in [1.807, 2.05) is 4.72 Å². The van der Waals surface area contributed by atoms with Crippen LogP contribution in [0.2, 0.25) is 9.36 Å². The monoisotopic (exact) mass is 636 g/mol. The molecule has 4 N–H and O–H groups in total. The Morgan fingerprint density at radius 3 is 2.44 bits per heavy atom. The average molecular weight is 638 g/mol. The zero-order chi connectivity index (χ0) is 29.1. The lowest BCUT2D eigenvalue weighted by Crippen LogP contribution is -2.34. The van der Waals surface area contributed by atoms with Gasteiger partial charge in [-0.3, -0.25) is 4.79 Å². The number of rotatable bonds is 8. The summed E-state index contributed by atoms with van der Waals surface area (Å²) in [5, 5.41) is 6.00. The lowest BCUT2D eigenvalue weighted by atomic mass is 10.1. The van der Waals surface area contributed by atoms with E-state index >= 15 is 0 Å². The largest absolute Gasteiger partial charge is 0.384 e. The van der Waals surface area contributed by atoms with Crippen LogP contribution in [0.4, 0.5) is 16.2 Å². The van der Waals surface area contributed by atoms with Crippen molar-refractivity contribution in [1.82, 2.24) is 19.2 Å². The molecule has 0 radical (unpaired) electrons. The number of aromatic nitrogens is 2. The number of urea groups is 1. The van der Waals surface area contributed by atoms with E-state index in [4.69, 9.17) is 23.2 Å². The molecule has 0 unspecified atom stereocenters. The molecule has 4 aromatic rings. The molecular weight excluding hydrogens is 611 g/mol. The fourth-order valence-corrected chi connectivity index (χ4v) is 7.28. The number of likely N-dealkylation sites (tertiary alicyclic amines) is 1. The minimum Gasteiger partial charge on any atom is -0.384 e. The maximum atomic E-state index is 13.3. The number of carbonyl (C=O) groups is 1. The number of sulfonamides is 1. The summed E-state index contributed by atoms with van der Waals surface area (Å²) in [5.74, 6) is 0. The third-order valence-electron chi connectivity index (χ3n) is 6.59. The van der Waals surface area contributed by atoms with Crippen LogP contribution in [0.15, 0.2) is 62.3 Å². The van der Waals surface area contributed by atoms with Gasteiger partial charge in [0.25, 0.3) is 15.6 Å². The first kappa shape index (κ1) is 29.1. The zero-order valence-corrected chi connectivity index (χ0v) is 24.7. The van der Waals surface area contributed by atoms with Crippen molar-refractivity contribution < 1.29 is 13.2 Å². The van der Waals surface area contributed by atoms with Crippen LogP contribution in [0, 0.1) is 0 Å². The molecule has 0 saturated carbocycles. The van der Waals surface area contributed by atoms with Gasteiger partial charge in [-0.05, 0) is 74.5 Å². The van der Waals surface area contributed by atoms with Gasteiger partial charge in [0, 0.05) is 24.5 Å². The molecule has 1 aliphatic heterocycles. The van der Waals surface area contributed by atoms with E-state index in [1.54, 1.807) is 18.2 Å². The summed E-state index contributed by atoms with van der Waals surface area (Å²) in [4.78, 5) is 43.7. The van der Waals surface area contributed by atoms with E-state index in [-0.39, 0.29) is 24.9 Å². The van der Waals surface area contributed by atoms with Gasteiger partial charge in [0.15, 0.2) is 0 Å². The number of aromatic amines is 1. The molecule has 11 nitrogen and oxygen atoms in total. The van der Waals surface area contributed by atoms with Crippen LogP contribution in [-0.4, -0.2) is 55.1 Å². The van der Waals surface area contributed by atoms with E-state index < -0.39 is 27.3 Å². The normalized spacial score (nSPS) is 14.2. The smallest absolute Gasteiger partial charge is 0.333 e. The average Bonchev–Trinajstić information content (AvgIpc) is 3.37. The highest BCUT2D eigenvalue weighted by Gasteiger charge is 2.20. The first-order chi connectivity index (χ1) is 19.6. The van der Waals surface area contributed by atoms with Gasteiger partial charge in [0.05, 0.1) is 25.9 Å². The van der Waals surface area contributed by atoms with Crippen LogP contribution in [0.25, 0.3) is 16.6 Å². The summed E-state index contributed by atoms with van der Waals surface area (Å²) in [6, 6.07) is 10.9. The number of piperidine rings is 1. The summed E-state index contributed by atoms with van der Waals surface area (Å²) in [6.07, 6.45) is 3.72. The maximum Gasteiger partial charge on any atom is 0.333 e. The minimum atomic E-state index is -4.12. The Hall–Kier alpha value is -3.36. The van der Waals surface area contributed by atoms with Crippen LogP contribution >= 0.6 is 34.5 Å². The quantitative estimate of drug-likeness (QED) is 0.223. The molecule has 15 heteroatoms. The molecule has 216 valence electrons. The molecule has 0 bridgehead atoms. The number of thiophene rings is 1. The zero-order valence-electron chi connectivity index (χ0n) is 21.6. The molecule has 0 atom stereocenters. The summed E-state index contributed by atoms with van der Waals surface area (Å²) < 4.78 is 27.6. The number of hydrogen-bond acceptors (Lipinski definition) is 8. The number of fused-ring (bicyclic) bond motifs is 1. The lowest BCUT2D eigenvalue weighted by molar-refractivity contribution is 0.237. The lowest BCUT2D eigenvalue weighted by Gasteiger charge is -2.26. The van der Waals surface area contributed by atoms with Crippen molar-refractivity contribution in [3.63, 3.8) is 0 Å². The Labute approximate surface area is 249 Å². The maximum absolute atomic E-state index is 13.3. The second-order valence-electron chi connectivity index (χ2n) is 9.44. The molecule has 3 heterocycles. The Bertz CT molecular complexity index is 1830. The molecule has 2 aromatic heterocycles. The second-order valence-corrected chi connectivity index (χ2v) is 13.5. The van der Waals surface area contributed by atoms with Gasteiger partial charge in [-0.2, -0.15) is 0 Å². The fraction of sp³-hybridized carbons (Fsp3) is 0.269. The third-order valence-corrected chi connectivity index (χ3v) is 9.95. The fourth-order valence-electron chi connectivity index (χ4n) is 4.63. The highest BCUT2D eigenvalue weighted by atomic mass is 35.5. The van der Waals surface area contributed by atoms with Crippen molar-refractivity contribution in [2.75, 3.05) is 36.8 Å². The summed E-state index contributed by atoms with van der Waals surface area (Å²) in [5.41, 5.74) is 0.159. The minimum absolute atomic E-state index is 0.0151. The second kappa shape index (κ2) is 12.2. The number of carbonyl (C=O) groups excluding carboxylic acids is 1. The van der Waals surface area contributed by atoms with E-state index in [2.05, 4.69) is 20.5 Å². The van der Waals surface area contributed by atoms with Crippen molar-refractivity contribution in [1.29, 1.82) is 0 Å². The van der Waals surface area contributed by atoms with Gasteiger partial charge >= 0.3 is 11.7 Å². The Morgan fingerprint density at radius 1 is 0.976 bits per heavy atom. The predicted molar refractivity (Wildman–Crippen MR) is 163 cm³/mol. The number of nitrogens with zero attached hydrogens (tertiary/aromatic N) is 2. The first-order valence-electron chi connectivity index (χ1n) is 12.7. The van der Waals surface area contributed by atoms with Gasteiger partial charge in [-0.15, -0.1) is 11.3 Å². The van der Waals surface area contributed by atoms with Crippen molar-refractivity contribution in [2.24, 2.45) is 0 Å². The van der Waals surface area contributed by atoms with Crippen LogP contribution < -0.4 is 26.6 Å². The van der Waals surface area contributed by atoms with Crippen LogP contribution in [-0.2, 0) is 10.0 Å². The van der Waals surface area contributed by atoms with E-state index in [9.17, 15) is 22.8 Å². The topological polar surface area (TPSA) is 145 Å². The Morgan fingerprint density at radius 2 is 1.73 bits per heavy atom. The number of anilines is 2. The highest BCUT2D eigenvalue weighted by Crippen LogP contribution is 2.26. The molecule has 1 aliphatic rings. The van der Waals surface area contributed by atoms with Crippen LogP contribution in [0.5, 0.6) is 0 Å². The van der Waals surface area contributed by atoms with Crippen molar-refractivity contribution in [2.45, 2.75) is 23.5 Å². The number of H-pyrrole nitrogens is 1. The van der Waals surface area contributed by atoms with Gasteiger partial charge in [-0.25, -0.2) is 27.3 Å². The van der Waals surface area contributed by atoms with Crippen LogP contribution in [0.3, 0.4) is 0 Å². The van der Waals surface area contributed by atoms with Gasteiger partial charge in [0.2, 0.25) is 0 Å². The van der Waals surface area contributed by atoms with E-state index in [0.717, 1.165) is 47.8 Å². The molecule has 1 saturated heterocycles. The molecule has 0 aliphatic carbocycles. The van der Waals surface area contributed by atoms with Gasteiger partial charge in [-0.1, -0.05) is 29.6 Å². The van der Waals surface area contributed by atoms with Crippen molar-refractivity contribution >= 4 is 72.9 Å². The van der Waals surface area contributed by atoms with Gasteiger partial charge in [0.1, 0.15) is 4.21 Å². The molecule has 5 rings (SSSR count). The standard InChI is InChI=1S/C26H26Cl2N6O5S2/c27-19-14-17(30-25(36)32-41(38,39)23-9-8-22(28)40-23)5-7-21(19)34-24(35)18-6-4-16(15-20(18)31-26(34)37)29-10-13-33-11-2-1-3-12-33/h4-9,14-15,29H,1-3,10-13H2,(H,31,37)(H2,30,32,36). The number of nitrogens with one attached hydrogen (secondary N) is 4. The molecule has 2 amide bonds. The summed E-state index contributed by atoms with van der Waals surface area (Å²) in [6.45, 7) is 3.87. The van der Waals surface area contributed by atoms with Crippen molar-refractivity contribution in [3.05, 3.63) is 78.7 Å². The molecule has 41 heavy (non-hydrogen) atoms. The van der Waals surface area contributed by atoms with Gasteiger partial charge < -0.3 is 20.5 Å². The van der Waals surface area contributed by atoms with E-state index in [0.29, 0.717) is 10.9 Å². The summed E-state index contributed by atoms with van der Waals surface area (Å²) >= 11 is 13.0.